The summed E-state index contributed by atoms with van der Waals surface area (Å²) < 4.78 is 10.7. The van der Waals surface area contributed by atoms with Gasteiger partial charge < -0.3 is 24.5 Å². The quantitative estimate of drug-likeness (QED) is 0.111. The van der Waals surface area contributed by atoms with Gasteiger partial charge in [-0.15, -0.1) is 0 Å². The lowest BCUT2D eigenvalue weighted by Gasteiger charge is -2.25. The first kappa shape index (κ1) is 25.5. The number of hydrogen-bond acceptors (Lipinski definition) is 7. The SMILES string of the molecule is COc1cccc([C@@H]2C(=C(O)c3ccc([N+](=O)[O-])cc3)C(=O)C(=O)N2CCc2c[nH]c3ccc(OC)cc23)c1. The van der Waals surface area contributed by atoms with Crippen LogP contribution in [0.3, 0.4) is 0 Å². The fourth-order valence-corrected chi connectivity index (χ4v) is 4.90. The van der Waals surface area contributed by atoms with E-state index >= 15 is 0 Å². The maximum Gasteiger partial charge on any atom is 0.295 e. The van der Waals surface area contributed by atoms with E-state index in [1.165, 1.54) is 36.3 Å². The highest BCUT2D eigenvalue weighted by Crippen LogP contribution is 2.40. The normalized spacial score (nSPS) is 16.6. The van der Waals surface area contributed by atoms with Crippen molar-refractivity contribution in [2.75, 3.05) is 20.8 Å². The Balaban J connectivity index is 1.56. The number of aliphatic hydroxyl groups is 1. The number of ketones is 1. The van der Waals surface area contributed by atoms with Crippen LogP contribution >= 0.6 is 0 Å². The van der Waals surface area contributed by atoms with Crippen molar-refractivity contribution in [3.63, 3.8) is 0 Å². The van der Waals surface area contributed by atoms with E-state index in [0.29, 0.717) is 23.5 Å². The van der Waals surface area contributed by atoms with Crippen molar-refractivity contribution in [1.29, 1.82) is 0 Å². The van der Waals surface area contributed by atoms with Crippen LogP contribution in [0.5, 0.6) is 11.5 Å². The number of nitrogens with one attached hydrogen (secondary N) is 1. The predicted molar refractivity (Wildman–Crippen MR) is 144 cm³/mol. The monoisotopic (exact) mass is 527 g/mol. The zero-order chi connectivity index (χ0) is 27.7. The first-order valence-electron chi connectivity index (χ1n) is 12.1. The van der Waals surface area contributed by atoms with E-state index in [1.807, 2.05) is 24.4 Å². The molecular formula is C29H25N3O7. The van der Waals surface area contributed by atoms with E-state index in [1.54, 1.807) is 31.4 Å². The third-order valence-electron chi connectivity index (χ3n) is 6.90. The third kappa shape index (κ3) is 4.68. The number of benzene rings is 3. The number of aliphatic hydroxyl groups excluding tert-OH is 1. The van der Waals surface area contributed by atoms with Crippen LogP contribution in [-0.2, 0) is 16.0 Å². The zero-order valence-electron chi connectivity index (χ0n) is 21.2. The number of carbonyl (C=O) groups excluding carboxylic acids is 2. The van der Waals surface area contributed by atoms with E-state index in [-0.39, 0.29) is 23.4 Å². The summed E-state index contributed by atoms with van der Waals surface area (Å²) in [5.74, 6) is -0.765. The minimum Gasteiger partial charge on any atom is -0.507 e. The Morgan fingerprint density at radius 3 is 2.44 bits per heavy atom. The number of nitro benzene ring substituents is 1. The molecule has 0 bridgehead atoms. The van der Waals surface area contributed by atoms with Crippen LogP contribution in [0.2, 0.25) is 0 Å². The molecule has 3 aromatic carbocycles. The molecule has 0 spiro atoms. The molecule has 1 aromatic heterocycles. The number of carbonyl (C=O) groups is 2. The molecule has 198 valence electrons. The highest BCUT2D eigenvalue weighted by atomic mass is 16.6. The first-order valence-corrected chi connectivity index (χ1v) is 12.1. The van der Waals surface area contributed by atoms with Crippen LogP contribution in [0.25, 0.3) is 16.7 Å². The summed E-state index contributed by atoms with van der Waals surface area (Å²) in [4.78, 5) is 41.8. The minimum atomic E-state index is -0.893. The molecule has 1 aliphatic rings. The Kier molecular flexibility index (Phi) is 6.76. The highest BCUT2D eigenvalue weighted by Gasteiger charge is 2.46. The Labute approximate surface area is 223 Å². The number of aromatic nitrogens is 1. The molecule has 2 N–H and O–H groups in total. The molecule has 39 heavy (non-hydrogen) atoms. The van der Waals surface area contributed by atoms with E-state index in [2.05, 4.69) is 4.98 Å². The predicted octanol–water partition coefficient (Wildman–Crippen LogP) is 4.76. The van der Waals surface area contributed by atoms with Crippen molar-refractivity contribution < 1.29 is 29.1 Å². The van der Waals surface area contributed by atoms with Crippen molar-refractivity contribution in [2.24, 2.45) is 0 Å². The van der Waals surface area contributed by atoms with Gasteiger partial charge in [-0.05, 0) is 60.0 Å². The van der Waals surface area contributed by atoms with Gasteiger partial charge in [-0.3, -0.25) is 19.7 Å². The number of aromatic amines is 1. The minimum absolute atomic E-state index is 0.0947. The molecule has 4 aromatic rings. The van der Waals surface area contributed by atoms with Crippen molar-refractivity contribution in [2.45, 2.75) is 12.5 Å². The Morgan fingerprint density at radius 2 is 1.74 bits per heavy atom. The lowest BCUT2D eigenvalue weighted by Crippen LogP contribution is -2.31. The number of ether oxygens (including phenoxy) is 2. The number of Topliss-reactive ketones (excluding diaryl/α,β-unsaturated/α-hetero) is 1. The number of fused-ring (bicyclic) bond motifs is 1. The molecule has 1 saturated heterocycles. The van der Waals surface area contributed by atoms with E-state index < -0.39 is 28.4 Å². The van der Waals surface area contributed by atoms with Crippen LogP contribution in [0, 0.1) is 10.1 Å². The fraction of sp³-hybridized carbons (Fsp3) is 0.172. The molecule has 0 radical (unpaired) electrons. The van der Waals surface area contributed by atoms with Gasteiger partial charge in [0.05, 0.1) is 30.8 Å². The molecule has 10 heteroatoms. The van der Waals surface area contributed by atoms with Crippen LogP contribution in [0.15, 0.2) is 78.5 Å². The third-order valence-corrected chi connectivity index (χ3v) is 6.90. The molecule has 0 aliphatic carbocycles. The van der Waals surface area contributed by atoms with Crippen molar-refractivity contribution in [1.82, 2.24) is 9.88 Å². The summed E-state index contributed by atoms with van der Waals surface area (Å²) in [6, 6.07) is 16.9. The smallest absolute Gasteiger partial charge is 0.295 e. The van der Waals surface area contributed by atoms with Gasteiger partial charge in [0.25, 0.3) is 17.4 Å². The summed E-state index contributed by atoms with van der Waals surface area (Å²) in [5.41, 5.74) is 2.36. The maximum absolute atomic E-state index is 13.3. The molecule has 1 amide bonds. The molecule has 2 heterocycles. The summed E-state index contributed by atoms with van der Waals surface area (Å²) in [7, 11) is 3.10. The van der Waals surface area contributed by atoms with Gasteiger partial charge in [0.2, 0.25) is 0 Å². The Hall–Kier alpha value is -5.12. The lowest BCUT2D eigenvalue weighted by molar-refractivity contribution is -0.384. The number of nitrogens with zero attached hydrogens (tertiary/aromatic N) is 2. The van der Waals surface area contributed by atoms with Crippen molar-refractivity contribution in [3.05, 3.63) is 105 Å². The Morgan fingerprint density at radius 1 is 1.03 bits per heavy atom. The van der Waals surface area contributed by atoms with Gasteiger partial charge in [-0.2, -0.15) is 0 Å². The number of H-pyrrole nitrogens is 1. The van der Waals surface area contributed by atoms with Gasteiger partial charge in [0.15, 0.2) is 0 Å². The summed E-state index contributed by atoms with van der Waals surface area (Å²) in [5, 5.41) is 23.2. The number of nitro groups is 1. The molecule has 1 atom stereocenters. The van der Waals surface area contributed by atoms with E-state index in [9.17, 15) is 24.8 Å². The van der Waals surface area contributed by atoms with E-state index in [4.69, 9.17) is 9.47 Å². The second-order valence-corrected chi connectivity index (χ2v) is 9.05. The van der Waals surface area contributed by atoms with Gasteiger partial charge >= 0.3 is 0 Å². The molecular weight excluding hydrogens is 502 g/mol. The standard InChI is InChI=1S/C29H25N3O7/c1-38-21-5-3-4-18(14-21)26-25(27(33)17-6-8-20(9-7-17)32(36)37)28(34)29(35)31(26)13-12-19-16-30-24-11-10-22(39-2)15-23(19)24/h3-11,14-16,26,30,33H,12-13H2,1-2H3/t26-/m1/s1. The number of non-ortho nitro benzene ring substituents is 1. The van der Waals surface area contributed by atoms with Crippen LogP contribution < -0.4 is 9.47 Å². The number of methoxy groups -OCH3 is 2. The Bertz CT molecular complexity index is 1620. The van der Waals surface area contributed by atoms with Crippen LogP contribution in [-0.4, -0.2) is 52.4 Å². The largest absolute Gasteiger partial charge is 0.507 e. The van der Waals surface area contributed by atoms with Crippen LogP contribution in [0.1, 0.15) is 22.7 Å². The molecule has 0 saturated carbocycles. The van der Waals surface area contributed by atoms with Gasteiger partial charge in [-0.25, -0.2) is 0 Å². The average molecular weight is 528 g/mol. The second kappa shape index (κ2) is 10.3. The van der Waals surface area contributed by atoms with Crippen molar-refractivity contribution >= 4 is 34.0 Å². The summed E-state index contributed by atoms with van der Waals surface area (Å²) in [6.45, 7) is 0.188. The maximum atomic E-state index is 13.3. The van der Waals surface area contributed by atoms with Crippen LogP contribution in [0.4, 0.5) is 5.69 Å². The topological polar surface area (TPSA) is 135 Å². The zero-order valence-corrected chi connectivity index (χ0v) is 21.2. The second-order valence-electron chi connectivity index (χ2n) is 9.05. The molecule has 1 fully saturated rings. The van der Waals surface area contributed by atoms with E-state index in [0.717, 1.165) is 16.5 Å². The number of likely N-dealkylation sites (tertiary alicyclic amines) is 1. The molecule has 5 rings (SSSR count). The summed E-state index contributed by atoms with van der Waals surface area (Å²) >= 11 is 0. The molecule has 0 unspecified atom stereocenters. The summed E-state index contributed by atoms with van der Waals surface area (Å²) in [6.07, 6.45) is 2.29. The number of rotatable bonds is 8. The van der Waals surface area contributed by atoms with Gasteiger partial charge in [0.1, 0.15) is 17.3 Å². The molecule has 10 nitrogen and oxygen atoms in total. The highest BCUT2D eigenvalue weighted by molar-refractivity contribution is 6.46. The average Bonchev–Trinajstić information content (AvgIpc) is 3.48. The number of hydrogen-bond donors (Lipinski definition) is 2. The fourth-order valence-electron chi connectivity index (χ4n) is 4.90. The van der Waals surface area contributed by atoms with Gasteiger partial charge in [0, 0.05) is 41.3 Å². The molecule has 1 aliphatic heterocycles. The van der Waals surface area contributed by atoms with Gasteiger partial charge in [-0.1, -0.05) is 12.1 Å². The first-order chi connectivity index (χ1) is 18.8. The number of amides is 1. The lowest BCUT2D eigenvalue weighted by atomic mass is 9.95. The van der Waals surface area contributed by atoms with Crippen molar-refractivity contribution in [3.8, 4) is 11.5 Å².